The molecule has 1 aliphatic rings. The van der Waals surface area contributed by atoms with Gasteiger partial charge in [0, 0.05) is 11.3 Å². The fourth-order valence-electron chi connectivity index (χ4n) is 3.57. The van der Waals surface area contributed by atoms with Crippen LogP contribution in [0.4, 0.5) is 5.69 Å². The average molecular weight is 409 g/mol. The molecule has 0 saturated carbocycles. The minimum atomic E-state index is -1.15. The molecule has 0 aromatic heterocycles. The Labute approximate surface area is 174 Å². The molecular formula is C23H23NO6. The van der Waals surface area contributed by atoms with E-state index in [1.54, 1.807) is 54.6 Å². The first-order valence-electron chi connectivity index (χ1n) is 9.48. The molecule has 1 heterocycles. The third-order valence-corrected chi connectivity index (χ3v) is 5.09. The molecule has 0 radical (unpaired) electrons. The molecule has 1 amide bonds. The van der Waals surface area contributed by atoms with Crippen LogP contribution in [-0.4, -0.2) is 49.1 Å². The molecule has 7 heteroatoms. The van der Waals surface area contributed by atoms with Crippen LogP contribution in [0.2, 0.25) is 0 Å². The molecule has 0 bridgehead atoms. The van der Waals surface area contributed by atoms with E-state index in [9.17, 15) is 19.5 Å². The summed E-state index contributed by atoms with van der Waals surface area (Å²) in [5.74, 6) is -3.05. The predicted molar refractivity (Wildman–Crippen MR) is 110 cm³/mol. The zero-order valence-electron chi connectivity index (χ0n) is 16.6. The Morgan fingerprint density at radius 3 is 2.40 bits per heavy atom. The minimum absolute atomic E-state index is 0.0459. The second-order valence-electron chi connectivity index (χ2n) is 6.81. The van der Waals surface area contributed by atoms with Gasteiger partial charge in [-0.2, -0.15) is 0 Å². The molecule has 1 aliphatic heterocycles. The second-order valence-corrected chi connectivity index (χ2v) is 6.81. The lowest BCUT2D eigenvalue weighted by Crippen LogP contribution is -2.68. The van der Waals surface area contributed by atoms with Gasteiger partial charge in [0.15, 0.2) is 5.78 Å². The number of methoxy groups -OCH3 is 1. The number of amides is 1. The zero-order valence-corrected chi connectivity index (χ0v) is 16.6. The second kappa shape index (κ2) is 9.37. The van der Waals surface area contributed by atoms with E-state index in [0.29, 0.717) is 17.0 Å². The lowest BCUT2D eigenvalue weighted by Gasteiger charge is -2.48. The molecule has 1 saturated heterocycles. The molecule has 30 heavy (non-hydrogen) atoms. The van der Waals surface area contributed by atoms with Crippen molar-refractivity contribution in [3.8, 4) is 5.75 Å². The van der Waals surface area contributed by atoms with E-state index in [0.717, 1.165) is 0 Å². The fraction of sp³-hybridized carbons (Fsp3) is 0.261. The molecule has 3 rings (SSSR count). The number of nitrogens with zero attached hydrogens (tertiary/aromatic N) is 1. The van der Waals surface area contributed by atoms with Crippen molar-refractivity contribution >= 4 is 23.3 Å². The third-order valence-electron chi connectivity index (χ3n) is 5.09. The highest BCUT2D eigenvalue weighted by atomic mass is 16.5. The number of benzene rings is 2. The smallest absolute Gasteiger partial charge is 0.312 e. The van der Waals surface area contributed by atoms with Crippen molar-refractivity contribution in [1.82, 2.24) is 0 Å². The summed E-state index contributed by atoms with van der Waals surface area (Å²) in [5.41, 5.74) is 0.914. The number of carbonyl (C=O) groups excluding carboxylic acids is 3. The highest BCUT2D eigenvalue weighted by Crippen LogP contribution is 2.39. The van der Waals surface area contributed by atoms with Gasteiger partial charge in [-0.15, -0.1) is 0 Å². The number of aliphatic hydroxyl groups excluding tert-OH is 1. The van der Waals surface area contributed by atoms with Crippen molar-refractivity contribution in [1.29, 1.82) is 0 Å². The predicted octanol–water partition coefficient (Wildman–Crippen LogP) is 2.25. The SMILES string of the molecule is C=CCOC(=O)C(CO)[C@H]1C(=O)N(c2ccc(OC)cc2)[C@H]1C(=O)c1ccccc1. The highest BCUT2D eigenvalue weighted by molar-refractivity contribution is 6.17. The Morgan fingerprint density at radius 1 is 1.17 bits per heavy atom. The number of aliphatic hydroxyl groups is 1. The van der Waals surface area contributed by atoms with Crippen LogP contribution in [0.3, 0.4) is 0 Å². The summed E-state index contributed by atoms with van der Waals surface area (Å²) in [6.45, 7) is 2.83. The van der Waals surface area contributed by atoms with Gasteiger partial charge in [0.25, 0.3) is 0 Å². The van der Waals surface area contributed by atoms with Gasteiger partial charge >= 0.3 is 5.97 Å². The number of esters is 1. The van der Waals surface area contributed by atoms with Gasteiger partial charge in [-0.05, 0) is 24.3 Å². The number of Topliss-reactive ketones (excluding diaryl/α,β-unsaturated/α-hetero) is 1. The third kappa shape index (κ3) is 3.97. The van der Waals surface area contributed by atoms with Crippen LogP contribution in [0.5, 0.6) is 5.75 Å². The molecule has 2 aromatic carbocycles. The quantitative estimate of drug-likeness (QED) is 0.296. The van der Waals surface area contributed by atoms with E-state index in [1.807, 2.05) is 0 Å². The summed E-state index contributed by atoms with van der Waals surface area (Å²) < 4.78 is 10.2. The minimum Gasteiger partial charge on any atom is -0.497 e. The first-order chi connectivity index (χ1) is 14.5. The van der Waals surface area contributed by atoms with Crippen molar-refractivity contribution in [3.05, 3.63) is 72.8 Å². The van der Waals surface area contributed by atoms with E-state index in [2.05, 4.69) is 6.58 Å². The molecule has 0 aliphatic carbocycles. The topological polar surface area (TPSA) is 93.1 Å². The molecule has 1 unspecified atom stereocenters. The van der Waals surface area contributed by atoms with Crippen LogP contribution in [-0.2, 0) is 14.3 Å². The normalized spacial score (nSPS) is 18.9. The van der Waals surface area contributed by atoms with Gasteiger partial charge < -0.3 is 19.5 Å². The van der Waals surface area contributed by atoms with Crippen LogP contribution in [0, 0.1) is 11.8 Å². The Morgan fingerprint density at radius 2 is 1.83 bits per heavy atom. The van der Waals surface area contributed by atoms with Gasteiger partial charge in [0.2, 0.25) is 5.91 Å². The first-order valence-corrected chi connectivity index (χ1v) is 9.48. The average Bonchev–Trinajstić information content (AvgIpc) is 2.79. The zero-order chi connectivity index (χ0) is 21.7. The summed E-state index contributed by atoms with van der Waals surface area (Å²) in [6.07, 6.45) is 1.39. The summed E-state index contributed by atoms with van der Waals surface area (Å²) in [5, 5.41) is 9.82. The Balaban J connectivity index is 1.97. The van der Waals surface area contributed by atoms with Crippen molar-refractivity contribution in [2.45, 2.75) is 6.04 Å². The first kappa shape index (κ1) is 21.3. The number of carbonyl (C=O) groups is 3. The molecule has 156 valence electrons. The fourth-order valence-corrected chi connectivity index (χ4v) is 3.57. The molecule has 0 spiro atoms. The standard InChI is InChI=1S/C23H23NO6/c1-3-13-30-23(28)18(14-25)19-20(21(26)15-7-5-4-6-8-15)24(22(19)27)16-9-11-17(29-2)12-10-16/h3-12,18-20,25H,1,13-14H2,2H3/t18?,19-,20-/m1/s1. The number of hydrogen-bond acceptors (Lipinski definition) is 6. The van der Waals surface area contributed by atoms with Crippen molar-refractivity contribution in [2.24, 2.45) is 11.8 Å². The number of ketones is 1. The molecule has 7 nitrogen and oxygen atoms in total. The van der Waals surface area contributed by atoms with E-state index in [4.69, 9.17) is 9.47 Å². The molecule has 1 fully saturated rings. The Kier molecular flexibility index (Phi) is 6.64. The summed E-state index contributed by atoms with van der Waals surface area (Å²) in [4.78, 5) is 40.1. The van der Waals surface area contributed by atoms with Crippen molar-refractivity contribution in [2.75, 3.05) is 25.2 Å². The Bertz CT molecular complexity index is 924. The summed E-state index contributed by atoms with van der Waals surface area (Å²) in [6, 6.07) is 14.3. The van der Waals surface area contributed by atoms with Crippen molar-refractivity contribution < 1.29 is 29.0 Å². The van der Waals surface area contributed by atoms with E-state index >= 15 is 0 Å². The van der Waals surface area contributed by atoms with Crippen molar-refractivity contribution in [3.63, 3.8) is 0 Å². The van der Waals surface area contributed by atoms with Gasteiger partial charge in [-0.3, -0.25) is 14.4 Å². The lowest BCUT2D eigenvalue weighted by atomic mass is 9.74. The summed E-state index contributed by atoms with van der Waals surface area (Å²) in [7, 11) is 1.53. The summed E-state index contributed by atoms with van der Waals surface area (Å²) >= 11 is 0. The molecular weight excluding hydrogens is 386 g/mol. The molecule has 3 atom stereocenters. The van der Waals surface area contributed by atoms with Crippen LogP contribution in [0.1, 0.15) is 10.4 Å². The van der Waals surface area contributed by atoms with Gasteiger partial charge in [0.1, 0.15) is 18.4 Å². The number of β-lactam (4-membered cyclic amide) rings is 1. The van der Waals surface area contributed by atoms with E-state index in [-0.39, 0.29) is 12.4 Å². The van der Waals surface area contributed by atoms with Crippen LogP contribution in [0.25, 0.3) is 0 Å². The van der Waals surface area contributed by atoms with Crippen LogP contribution in [0.15, 0.2) is 67.3 Å². The lowest BCUT2D eigenvalue weighted by molar-refractivity contribution is -0.156. The maximum atomic E-state index is 13.3. The molecule has 1 N–H and O–H groups in total. The van der Waals surface area contributed by atoms with E-state index in [1.165, 1.54) is 18.1 Å². The molecule has 2 aromatic rings. The van der Waals surface area contributed by atoms with Gasteiger partial charge in [-0.25, -0.2) is 0 Å². The highest BCUT2D eigenvalue weighted by Gasteiger charge is 2.57. The number of hydrogen-bond donors (Lipinski definition) is 1. The number of ether oxygens (including phenoxy) is 2. The maximum absolute atomic E-state index is 13.3. The van der Waals surface area contributed by atoms with Gasteiger partial charge in [-0.1, -0.05) is 43.0 Å². The van der Waals surface area contributed by atoms with Crippen LogP contribution < -0.4 is 9.64 Å². The van der Waals surface area contributed by atoms with Gasteiger partial charge in [0.05, 0.1) is 25.6 Å². The van der Waals surface area contributed by atoms with Crippen LogP contribution >= 0.6 is 0 Å². The maximum Gasteiger partial charge on any atom is 0.312 e. The van der Waals surface area contributed by atoms with E-state index < -0.39 is 36.4 Å². The number of rotatable bonds is 9. The monoisotopic (exact) mass is 409 g/mol. The Hall–Kier alpha value is -3.45. The largest absolute Gasteiger partial charge is 0.497 e. The number of anilines is 1.